The second kappa shape index (κ2) is 4.78. The fourth-order valence-electron chi connectivity index (χ4n) is 2.50. The highest BCUT2D eigenvalue weighted by atomic mass is 16.5. The van der Waals surface area contributed by atoms with Gasteiger partial charge in [0.2, 0.25) is 0 Å². The Morgan fingerprint density at radius 2 is 2.12 bits per heavy atom. The van der Waals surface area contributed by atoms with E-state index in [-0.39, 0.29) is 17.9 Å². The molecule has 92 valence electrons. The van der Waals surface area contributed by atoms with Crippen molar-refractivity contribution in [1.29, 1.82) is 0 Å². The standard InChI is InChI=1S/C14H19NO2/c1-9(2)13-11(14(16)17-3)8-10-6-4-5-7-12(10)15-13/h4-7,9,11,13,15H,8H2,1-3H3/t11-,13-/m1/s1. The van der Waals surface area contributed by atoms with Gasteiger partial charge in [0.15, 0.2) is 0 Å². The summed E-state index contributed by atoms with van der Waals surface area (Å²) in [5, 5.41) is 3.46. The van der Waals surface area contributed by atoms with Crippen LogP contribution < -0.4 is 5.32 Å². The van der Waals surface area contributed by atoms with Gasteiger partial charge in [0.25, 0.3) is 0 Å². The van der Waals surface area contributed by atoms with E-state index < -0.39 is 0 Å². The summed E-state index contributed by atoms with van der Waals surface area (Å²) in [7, 11) is 1.46. The van der Waals surface area contributed by atoms with Gasteiger partial charge in [0.1, 0.15) is 0 Å². The molecule has 0 spiro atoms. The van der Waals surface area contributed by atoms with Gasteiger partial charge in [-0.1, -0.05) is 32.0 Å². The predicted molar refractivity (Wildman–Crippen MR) is 67.9 cm³/mol. The highest BCUT2D eigenvalue weighted by molar-refractivity contribution is 5.76. The van der Waals surface area contributed by atoms with Crippen LogP contribution in [0.15, 0.2) is 24.3 Å². The molecule has 1 aliphatic rings. The Balaban J connectivity index is 2.31. The number of para-hydroxylation sites is 1. The molecular weight excluding hydrogens is 214 g/mol. The van der Waals surface area contributed by atoms with Crippen LogP contribution in [0, 0.1) is 11.8 Å². The topological polar surface area (TPSA) is 38.3 Å². The van der Waals surface area contributed by atoms with E-state index in [1.807, 2.05) is 12.1 Å². The number of hydrogen-bond acceptors (Lipinski definition) is 3. The van der Waals surface area contributed by atoms with Gasteiger partial charge in [-0.25, -0.2) is 0 Å². The molecule has 1 heterocycles. The lowest BCUT2D eigenvalue weighted by molar-refractivity contribution is -0.146. The monoisotopic (exact) mass is 233 g/mol. The molecule has 0 bridgehead atoms. The molecule has 0 aliphatic carbocycles. The zero-order chi connectivity index (χ0) is 12.4. The third-order valence-corrected chi connectivity index (χ3v) is 3.44. The first-order valence-electron chi connectivity index (χ1n) is 6.05. The number of methoxy groups -OCH3 is 1. The highest BCUT2D eigenvalue weighted by Gasteiger charge is 2.35. The average molecular weight is 233 g/mol. The second-order valence-corrected chi connectivity index (χ2v) is 4.91. The van der Waals surface area contributed by atoms with Crippen LogP contribution in [0.5, 0.6) is 0 Å². The van der Waals surface area contributed by atoms with Crippen molar-refractivity contribution in [3.05, 3.63) is 29.8 Å². The van der Waals surface area contributed by atoms with Crippen LogP contribution in [0.3, 0.4) is 0 Å². The Morgan fingerprint density at radius 1 is 1.41 bits per heavy atom. The lowest BCUT2D eigenvalue weighted by atomic mass is 9.82. The lowest BCUT2D eigenvalue weighted by Crippen LogP contribution is -2.43. The number of hydrogen-bond donors (Lipinski definition) is 1. The largest absolute Gasteiger partial charge is 0.469 e. The molecule has 2 atom stereocenters. The molecule has 0 saturated carbocycles. The van der Waals surface area contributed by atoms with E-state index in [2.05, 4.69) is 31.3 Å². The van der Waals surface area contributed by atoms with Crippen molar-refractivity contribution in [3.63, 3.8) is 0 Å². The Labute approximate surface area is 102 Å². The van der Waals surface area contributed by atoms with Crippen LogP contribution in [0.1, 0.15) is 19.4 Å². The zero-order valence-corrected chi connectivity index (χ0v) is 10.6. The molecule has 0 unspecified atom stereocenters. The molecule has 0 amide bonds. The van der Waals surface area contributed by atoms with Gasteiger partial charge in [-0.2, -0.15) is 0 Å². The van der Waals surface area contributed by atoms with Crippen molar-refractivity contribution >= 4 is 11.7 Å². The quantitative estimate of drug-likeness (QED) is 0.797. The van der Waals surface area contributed by atoms with Crippen molar-refractivity contribution in [1.82, 2.24) is 0 Å². The molecule has 0 radical (unpaired) electrons. The number of carbonyl (C=O) groups excluding carboxylic acids is 1. The van der Waals surface area contributed by atoms with Gasteiger partial charge in [-0.15, -0.1) is 0 Å². The molecule has 1 N–H and O–H groups in total. The maximum absolute atomic E-state index is 11.8. The summed E-state index contributed by atoms with van der Waals surface area (Å²) in [6, 6.07) is 8.30. The number of fused-ring (bicyclic) bond motifs is 1. The smallest absolute Gasteiger partial charge is 0.311 e. The first-order valence-corrected chi connectivity index (χ1v) is 6.05. The average Bonchev–Trinajstić information content (AvgIpc) is 2.36. The number of rotatable bonds is 2. The van der Waals surface area contributed by atoms with E-state index >= 15 is 0 Å². The van der Waals surface area contributed by atoms with Crippen LogP contribution in [-0.2, 0) is 16.0 Å². The van der Waals surface area contributed by atoms with Crippen LogP contribution in [0.2, 0.25) is 0 Å². The number of nitrogens with one attached hydrogen (secondary N) is 1. The molecule has 0 aromatic heterocycles. The van der Waals surface area contributed by atoms with Gasteiger partial charge < -0.3 is 10.1 Å². The maximum Gasteiger partial charge on any atom is 0.311 e. The molecule has 3 nitrogen and oxygen atoms in total. The van der Waals surface area contributed by atoms with E-state index in [0.29, 0.717) is 5.92 Å². The number of ether oxygens (including phenoxy) is 1. The molecule has 2 rings (SSSR count). The SMILES string of the molecule is COC(=O)[C@@H]1Cc2ccccc2N[C@@H]1C(C)C. The Morgan fingerprint density at radius 3 is 2.76 bits per heavy atom. The number of anilines is 1. The summed E-state index contributed by atoms with van der Waals surface area (Å²) < 4.78 is 4.91. The second-order valence-electron chi connectivity index (χ2n) is 4.91. The summed E-state index contributed by atoms with van der Waals surface area (Å²) >= 11 is 0. The minimum atomic E-state index is -0.120. The molecule has 3 heteroatoms. The van der Waals surface area contributed by atoms with Gasteiger partial charge in [-0.05, 0) is 24.0 Å². The zero-order valence-electron chi connectivity index (χ0n) is 10.6. The van der Waals surface area contributed by atoms with E-state index in [1.165, 1.54) is 12.7 Å². The highest BCUT2D eigenvalue weighted by Crippen LogP contribution is 2.31. The van der Waals surface area contributed by atoms with Gasteiger partial charge in [0.05, 0.1) is 13.0 Å². The molecule has 1 aromatic carbocycles. The number of carbonyl (C=O) groups is 1. The van der Waals surface area contributed by atoms with Crippen molar-refractivity contribution in [2.45, 2.75) is 26.3 Å². The van der Waals surface area contributed by atoms with E-state index in [4.69, 9.17) is 4.74 Å². The fraction of sp³-hybridized carbons (Fsp3) is 0.500. The van der Waals surface area contributed by atoms with E-state index in [1.54, 1.807) is 0 Å². The predicted octanol–water partition coefficient (Wildman–Crippen LogP) is 2.47. The Kier molecular flexibility index (Phi) is 3.36. The molecular formula is C14H19NO2. The lowest BCUT2D eigenvalue weighted by Gasteiger charge is -2.35. The van der Waals surface area contributed by atoms with Crippen LogP contribution in [0.4, 0.5) is 5.69 Å². The van der Waals surface area contributed by atoms with Crippen LogP contribution >= 0.6 is 0 Å². The molecule has 1 aromatic rings. The third-order valence-electron chi connectivity index (χ3n) is 3.44. The number of benzene rings is 1. The summed E-state index contributed by atoms with van der Waals surface area (Å²) in [6.07, 6.45) is 0.763. The first kappa shape index (κ1) is 12.0. The molecule has 0 fully saturated rings. The summed E-state index contributed by atoms with van der Waals surface area (Å²) in [5.74, 6) is 0.188. The fourth-order valence-corrected chi connectivity index (χ4v) is 2.50. The van der Waals surface area contributed by atoms with Crippen molar-refractivity contribution in [3.8, 4) is 0 Å². The summed E-state index contributed by atoms with van der Waals surface area (Å²) in [6.45, 7) is 4.25. The summed E-state index contributed by atoms with van der Waals surface area (Å²) in [4.78, 5) is 11.8. The molecule has 0 saturated heterocycles. The minimum absolute atomic E-state index is 0.0881. The van der Waals surface area contributed by atoms with Crippen molar-refractivity contribution in [2.24, 2.45) is 11.8 Å². The van der Waals surface area contributed by atoms with Crippen LogP contribution in [-0.4, -0.2) is 19.1 Å². The molecule has 1 aliphatic heterocycles. The van der Waals surface area contributed by atoms with Gasteiger partial charge in [-0.3, -0.25) is 4.79 Å². The Hall–Kier alpha value is -1.51. The van der Waals surface area contributed by atoms with Gasteiger partial charge >= 0.3 is 5.97 Å². The minimum Gasteiger partial charge on any atom is -0.469 e. The van der Waals surface area contributed by atoms with Crippen molar-refractivity contribution < 1.29 is 9.53 Å². The normalized spacial score (nSPS) is 22.8. The Bertz CT molecular complexity index is 414. The third kappa shape index (κ3) is 2.28. The van der Waals surface area contributed by atoms with Crippen molar-refractivity contribution in [2.75, 3.05) is 12.4 Å². The summed E-state index contributed by atoms with van der Waals surface area (Å²) in [5.41, 5.74) is 2.34. The maximum atomic E-state index is 11.8. The van der Waals surface area contributed by atoms with E-state index in [0.717, 1.165) is 12.1 Å². The number of esters is 1. The van der Waals surface area contributed by atoms with Crippen LogP contribution in [0.25, 0.3) is 0 Å². The molecule has 17 heavy (non-hydrogen) atoms. The first-order chi connectivity index (χ1) is 8.13. The van der Waals surface area contributed by atoms with Gasteiger partial charge in [0, 0.05) is 11.7 Å². The van der Waals surface area contributed by atoms with E-state index in [9.17, 15) is 4.79 Å².